The SMILES string of the molecule is O=C1CCCN1CCCn1c(Cc2ccccc2)nc2ccccc21. The molecule has 3 aromatic rings. The molecule has 1 saturated heterocycles. The van der Waals surface area contributed by atoms with Crippen LogP contribution >= 0.6 is 0 Å². The van der Waals surface area contributed by atoms with Gasteiger partial charge >= 0.3 is 0 Å². The van der Waals surface area contributed by atoms with Gasteiger partial charge in [0.2, 0.25) is 5.91 Å². The number of fused-ring (bicyclic) bond motifs is 1. The number of hydrogen-bond acceptors (Lipinski definition) is 2. The van der Waals surface area contributed by atoms with Gasteiger partial charge in [0, 0.05) is 32.5 Å². The average molecular weight is 333 g/mol. The molecule has 0 aliphatic carbocycles. The van der Waals surface area contributed by atoms with E-state index in [0.29, 0.717) is 12.3 Å². The summed E-state index contributed by atoms with van der Waals surface area (Å²) < 4.78 is 2.32. The van der Waals surface area contributed by atoms with Gasteiger partial charge in [0.05, 0.1) is 11.0 Å². The minimum absolute atomic E-state index is 0.306. The highest BCUT2D eigenvalue weighted by atomic mass is 16.2. The van der Waals surface area contributed by atoms with E-state index in [1.807, 2.05) is 17.0 Å². The number of likely N-dealkylation sites (tertiary alicyclic amines) is 1. The lowest BCUT2D eigenvalue weighted by atomic mass is 10.1. The fraction of sp³-hybridized carbons (Fsp3) is 0.333. The predicted octanol–water partition coefficient (Wildman–Crippen LogP) is 3.64. The summed E-state index contributed by atoms with van der Waals surface area (Å²) >= 11 is 0. The number of carbonyl (C=O) groups excluding carboxylic acids is 1. The van der Waals surface area contributed by atoms with Crippen molar-refractivity contribution < 1.29 is 4.79 Å². The van der Waals surface area contributed by atoms with Crippen LogP contribution in [0, 0.1) is 0 Å². The van der Waals surface area contributed by atoms with Crippen molar-refractivity contribution in [3.63, 3.8) is 0 Å². The Morgan fingerprint density at radius 1 is 0.960 bits per heavy atom. The zero-order valence-corrected chi connectivity index (χ0v) is 14.4. The molecule has 1 amide bonds. The topological polar surface area (TPSA) is 38.1 Å². The van der Waals surface area contributed by atoms with Crippen LogP contribution in [0.2, 0.25) is 0 Å². The molecule has 0 saturated carbocycles. The van der Waals surface area contributed by atoms with Gasteiger partial charge in [-0.1, -0.05) is 42.5 Å². The van der Waals surface area contributed by atoms with Crippen molar-refractivity contribution in [3.8, 4) is 0 Å². The molecule has 2 heterocycles. The van der Waals surface area contributed by atoms with Crippen LogP contribution in [0.3, 0.4) is 0 Å². The normalized spacial score (nSPS) is 14.6. The molecule has 25 heavy (non-hydrogen) atoms. The second-order valence-electron chi connectivity index (χ2n) is 6.67. The summed E-state index contributed by atoms with van der Waals surface area (Å²) in [5, 5.41) is 0. The molecule has 0 bridgehead atoms. The molecule has 4 heteroatoms. The monoisotopic (exact) mass is 333 g/mol. The highest BCUT2D eigenvalue weighted by Gasteiger charge is 2.19. The fourth-order valence-electron chi connectivity index (χ4n) is 3.65. The van der Waals surface area contributed by atoms with E-state index in [-0.39, 0.29) is 0 Å². The Balaban J connectivity index is 1.55. The predicted molar refractivity (Wildman–Crippen MR) is 99.4 cm³/mol. The van der Waals surface area contributed by atoms with Crippen molar-refractivity contribution in [2.75, 3.05) is 13.1 Å². The van der Waals surface area contributed by atoms with Crippen LogP contribution < -0.4 is 0 Å². The number of benzene rings is 2. The maximum atomic E-state index is 11.8. The lowest BCUT2D eigenvalue weighted by Gasteiger charge is -2.16. The Kier molecular flexibility index (Phi) is 4.51. The molecule has 4 rings (SSSR count). The van der Waals surface area contributed by atoms with Crippen LogP contribution in [0.25, 0.3) is 11.0 Å². The minimum atomic E-state index is 0.306. The summed E-state index contributed by atoms with van der Waals surface area (Å²) in [6, 6.07) is 18.8. The van der Waals surface area contributed by atoms with E-state index in [1.165, 1.54) is 11.1 Å². The number of aromatic nitrogens is 2. The van der Waals surface area contributed by atoms with Crippen molar-refractivity contribution in [2.24, 2.45) is 0 Å². The van der Waals surface area contributed by atoms with Crippen LogP contribution in [0.1, 0.15) is 30.7 Å². The number of para-hydroxylation sites is 2. The number of aryl methyl sites for hydroxylation is 1. The Morgan fingerprint density at radius 2 is 1.76 bits per heavy atom. The van der Waals surface area contributed by atoms with Gasteiger partial charge in [0.15, 0.2) is 0 Å². The van der Waals surface area contributed by atoms with Crippen LogP contribution in [0.4, 0.5) is 0 Å². The second kappa shape index (κ2) is 7.09. The van der Waals surface area contributed by atoms with E-state index < -0.39 is 0 Å². The van der Waals surface area contributed by atoms with Crippen LogP contribution in [-0.4, -0.2) is 33.4 Å². The Labute approximate surface area is 148 Å². The molecule has 4 nitrogen and oxygen atoms in total. The molecule has 0 N–H and O–H groups in total. The minimum Gasteiger partial charge on any atom is -0.343 e. The standard InChI is InChI=1S/C21H23N3O/c25-21-12-6-13-23(21)14-7-15-24-19-11-5-4-10-18(19)22-20(24)16-17-8-2-1-3-9-17/h1-5,8-11H,6-7,12-16H2. The molecule has 128 valence electrons. The molecule has 1 aromatic heterocycles. The van der Waals surface area contributed by atoms with Gasteiger partial charge in [-0.25, -0.2) is 4.98 Å². The number of carbonyl (C=O) groups is 1. The first-order chi connectivity index (χ1) is 12.3. The van der Waals surface area contributed by atoms with Crippen molar-refractivity contribution in [2.45, 2.75) is 32.2 Å². The van der Waals surface area contributed by atoms with Crippen LogP contribution in [0.5, 0.6) is 0 Å². The first-order valence-electron chi connectivity index (χ1n) is 9.07. The molecular weight excluding hydrogens is 310 g/mol. The van der Waals surface area contributed by atoms with Gasteiger partial charge in [-0.15, -0.1) is 0 Å². The molecule has 0 spiro atoms. The Hall–Kier alpha value is -2.62. The molecule has 1 aliphatic heterocycles. The van der Waals surface area contributed by atoms with Crippen LogP contribution in [-0.2, 0) is 17.8 Å². The third-order valence-corrected chi connectivity index (χ3v) is 4.92. The van der Waals surface area contributed by atoms with E-state index in [2.05, 4.69) is 47.0 Å². The third-order valence-electron chi connectivity index (χ3n) is 4.92. The van der Waals surface area contributed by atoms with Gasteiger partial charge < -0.3 is 9.47 Å². The highest BCUT2D eigenvalue weighted by molar-refractivity contribution is 5.78. The van der Waals surface area contributed by atoms with E-state index >= 15 is 0 Å². The smallest absolute Gasteiger partial charge is 0.222 e. The van der Waals surface area contributed by atoms with E-state index in [1.54, 1.807) is 0 Å². The lowest BCUT2D eigenvalue weighted by Crippen LogP contribution is -2.26. The molecule has 1 aliphatic rings. The zero-order chi connectivity index (χ0) is 17.1. The summed E-state index contributed by atoms with van der Waals surface area (Å²) in [6.07, 6.45) is 3.52. The summed E-state index contributed by atoms with van der Waals surface area (Å²) in [5.41, 5.74) is 3.50. The molecule has 0 atom stereocenters. The van der Waals surface area contributed by atoms with Crippen molar-refractivity contribution in [1.29, 1.82) is 0 Å². The van der Waals surface area contributed by atoms with E-state index in [9.17, 15) is 4.79 Å². The van der Waals surface area contributed by atoms with E-state index in [4.69, 9.17) is 4.98 Å². The number of imidazole rings is 1. The maximum absolute atomic E-state index is 11.8. The summed E-state index contributed by atoms with van der Waals surface area (Å²) in [5.74, 6) is 1.40. The number of hydrogen-bond donors (Lipinski definition) is 0. The summed E-state index contributed by atoms with van der Waals surface area (Å²) in [7, 11) is 0. The maximum Gasteiger partial charge on any atom is 0.222 e. The van der Waals surface area contributed by atoms with Gasteiger partial charge in [-0.05, 0) is 30.5 Å². The van der Waals surface area contributed by atoms with Crippen molar-refractivity contribution in [1.82, 2.24) is 14.5 Å². The van der Waals surface area contributed by atoms with Gasteiger partial charge in [-0.3, -0.25) is 4.79 Å². The van der Waals surface area contributed by atoms with Gasteiger partial charge in [0.1, 0.15) is 5.82 Å². The third kappa shape index (κ3) is 3.43. The molecule has 0 radical (unpaired) electrons. The largest absolute Gasteiger partial charge is 0.343 e. The van der Waals surface area contributed by atoms with Crippen molar-refractivity contribution in [3.05, 3.63) is 66.0 Å². The number of rotatable bonds is 6. The molecule has 2 aromatic carbocycles. The Morgan fingerprint density at radius 3 is 2.56 bits per heavy atom. The summed E-state index contributed by atoms with van der Waals surface area (Å²) in [4.78, 5) is 18.6. The first-order valence-corrected chi connectivity index (χ1v) is 9.07. The highest BCUT2D eigenvalue weighted by Crippen LogP contribution is 2.19. The number of nitrogens with zero attached hydrogens (tertiary/aromatic N) is 3. The molecule has 1 fully saturated rings. The van der Waals surface area contributed by atoms with Gasteiger partial charge in [0.25, 0.3) is 0 Å². The van der Waals surface area contributed by atoms with Crippen molar-refractivity contribution >= 4 is 16.9 Å². The number of amides is 1. The second-order valence-corrected chi connectivity index (χ2v) is 6.67. The van der Waals surface area contributed by atoms with Crippen LogP contribution in [0.15, 0.2) is 54.6 Å². The summed E-state index contributed by atoms with van der Waals surface area (Å²) in [6.45, 7) is 2.66. The van der Waals surface area contributed by atoms with E-state index in [0.717, 1.165) is 50.2 Å². The average Bonchev–Trinajstić information content (AvgIpc) is 3.20. The van der Waals surface area contributed by atoms with Gasteiger partial charge in [-0.2, -0.15) is 0 Å². The lowest BCUT2D eigenvalue weighted by molar-refractivity contribution is -0.127. The fourth-order valence-corrected chi connectivity index (χ4v) is 3.65. The zero-order valence-electron chi connectivity index (χ0n) is 14.4. The molecule has 0 unspecified atom stereocenters. The quantitative estimate of drug-likeness (QED) is 0.691. The first kappa shape index (κ1) is 15.9. The molecular formula is C21H23N3O. The Bertz CT molecular complexity index is 869.